The van der Waals surface area contributed by atoms with E-state index in [-0.39, 0.29) is 0 Å². The maximum atomic E-state index is 11.9. The first kappa shape index (κ1) is 10.6. The summed E-state index contributed by atoms with van der Waals surface area (Å²) in [4.78, 5) is 13.9. The predicted molar refractivity (Wildman–Crippen MR) is 72.4 cm³/mol. The Kier molecular flexibility index (Phi) is 2.46. The van der Waals surface area contributed by atoms with E-state index in [0.717, 1.165) is 25.1 Å². The zero-order valence-electron chi connectivity index (χ0n) is 9.08. The monoisotopic (exact) mass is 327 g/mol. The molecule has 0 aromatic heterocycles. The number of carbonyl (C=O) groups excluding carboxylic acids is 1. The Labute approximate surface area is 109 Å². The zero-order valence-corrected chi connectivity index (χ0v) is 11.2. The zero-order chi connectivity index (χ0) is 11.2. The summed E-state index contributed by atoms with van der Waals surface area (Å²) in [6.07, 6.45) is 4.45. The number of rotatable bonds is 1. The molecule has 3 heteroatoms. The van der Waals surface area contributed by atoms with Crippen LogP contribution in [0.2, 0.25) is 0 Å². The van der Waals surface area contributed by atoms with Crippen molar-refractivity contribution in [3.8, 4) is 0 Å². The highest BCUT2D eigenvalue weighted by Gasteiger charge is 2.47. The summed E-state index contributed by atoms with van der Waals surface area (Å²) < 4.78 is 1.21. The van der Waals surface area contributed by atoms with Crippen LogP contribution in [-0.4, -0.2) is 12.5 Å². The molecule has 1 spiro atoms. The Morgan fingerprint density at radius 1 is 1.12 bits per heavy atom. The quantitative estimate of drug-likeness (QED) is 0.726. The lowest BCUT2D eigenvalue weighted by Gasteiger charge is -2.32. The van der Waals surface area contributed by atoms with Crippen LogP contribution in [-0.2, 0) is 4.79 Å². The molecule has 2 fully saturated rings. The van der Waals surface area contributed by atoms with E-state index < -0.39 is 0 Å². The van der Waals surface area contributed by atoms with Crippen LogP contribution in [0.25, 0.3) is 0 Å². The van der Waals surface area contributed by atoms with Crippen molar-refractivity contribution in [2.75, 3.05) is 11.4 Å². The summed E-state index contributed by atoms with van der Waals surface area (Å²) >= 11 is 2.29. The Bertz CT molecular complexity index is 422. The van der Waals surface area contributed by atoms with Crippen LogP contribution >= 0.6 is 22.6 Å². The Morgan fingerprint density at radius 3 is 2.44 bits per heavy atom. The summed E-state index contributed by atoms with van der Waals surface area (Å²) in [5, 5.41) is 0. The highest BCUT2D eigenvalue weighted by Crippen LogP contribution is 2.52. The molecule has 0 N–H and O–H groups in total. The lowest BCUT2D eigenvalue weighted by atomic mass is 9.94. The van der Waals surface area contributed by atoms with E-state index in [0.29, 0.717) is 11.3 Å². The molecule has 1 amide bonds. The van der Waals surface area contributed by atoms with Gasteiger partial charge >= 0.3 is 0 Å². The summed E-state index contributed by atoms with van der Waals surface area (Å²) in [7, 11) is 0. The topological polar surface area (TPSA) is 20.3 Å². The number of benzene rings is 1. The van der Waals surface area contributed by atoms with Crippen LogP contribution in [0, 0.1) is 8.99 Å². The van der Waals surface area contributed by atoms with Gasteiger partial charge in [-0.05, 0) is 71.5 Å². The minimum absolute atomic E-state index is 0.290. The number of piperidine rings is 1. The predicted octanol–water partition coefficient (Wildman–Crippen LogP) is 3.20. The first-order chi connectivity index (χ1) is 7.69. The summed E-state index contributed by atoms with van der Waals surface area (Å²) in [5.74, 6) is 0.290. The van der Waals surface area contributed by atoms with Crippen molar-refractivity contribution in [2.45, 2.75) is 25.7 Å². The molecule has 0 bridgehead atoms. The molecule has 2 aliphatic rings. The van der Waals surface area contributed by atoms with E-state index in [9.17, 15) is 4.79 Å². The molecule has 3 rings (SSSR count). The summed E-state index contributed by atoms with van der Waals surface area (Å²) in [6, 6.07) is 8.25. The van der Waals surface area contributed by atoms with E-state index in [1.165, 1.54) is 16.4 Å². The molecule has 1 aromatic carbocycles. The third-order valence-corrected chi connectivity index (χ3v) is 4.48. The molecular weight excluding hydrogens is 313 g/mol. The Hall–Kier alpha value is -0.580. The highest BCUT2D eigenvalue weighted by atomic mass is 127. The van der Waals surface area contributed by atoms with E-state index in [1.54, 1.807) is 0 Å². The average Bonchev–Trinajstić information content (AvgIpc) is 3.04. The fraction of sp³-hybridized carbons (Fsp3) is 0.462. The normalized spacial score (nSPS) is 22.6. The molecule has 1 saturated carbocycles. The first-order valence-electron chi connectivity index (χ1n) is 5.75. The molecule has 1 aromatic rings. The van der Waals surface area contributed by atoms with Gasteiger partial charge in [-0.15, -0.1) is 0 Å². The Morgan fingerprint density at radius 2 is 1.81 bits per heavy atom. The van der Waals surface area contributed by atoms with Gasteiger partial charge in [0.2, 0.25) is 5.91 Å². The smallest absolute Gasteiger partial charge is 0.227 e. The minimum Gasteiger partial charge on any atom is -0.312 e. The van der Waals surface area contributed by atoms with Gasteiger partial charge in [0.05, 0.1) is 0 Å². The average molecular weight is 327 g/mol. The second-order valence-electron chi connectivity index (χ2n) is 4.96. The van der Waals surface area contributed by atoms with Crippen molar-refractivity contribution in [3.05, 3.63) is 27.8 Å². The minimum atomic E-state index is 0.290. The fourth-order valence-electron chi connectivity index (χ4n) is 2.45. The number of hydrogen-bond acceptors (Lipinski definition) is 1. The van der Waals surface area contributed by atoms with Crippen molar-refractivity contribution in [1.82, 2.24) is 0 Å². The summed E-state index contributed by atoms with van der Waals surface area (Å²) in [5.41, 5.74) is 1.55. The van der Waals surface area contributed by atoms with Crippen molar-refractivity contribution in [2.24, 2.45) is 5.41 Å². The third kappa shape index (κ3) is 1.85. The molecule has 0 atom stereocenters. The van der Waals surface area contributed by atoms with E-state index in [1.807, 2.05) is 4.90 Å². The van der Waals surface area contributed by atoms with Crippen molar-refractivity contribution >= 4 is 34.2 Å². The van der Waals surface area contributed by atoms with Gasteiger partial charge in [0, 0.05) is 22.2 Å². The van der Waals surface area contributed by atoms with Crippen molar-refractivity contribution in [3.63, 3.8) is 0 Å². The number of nitrogens with zero attached hydrogens (tertiary/aromatic N) is 1. The standard InChI is InChI=1S/C13H14INO/c14-10-1-3-11(4-2-10)15-9-13(7-8-13)6-5-12(15)16/h1-4H,5-9H2. The van der Waals surface area contributed by atoms with E-state index >= 15 is 0 Å². The van der Waals surface area contributed by atoms with Crippen LogP contribution in [0.3, 0.4) is 0 Å². The molecule has 1 saturated heterocycles. The lowest BCUT2D eigenvalue weighted by molar-refractivity contribution is -0.120. The number of carbonyl (C=O) groups is 1. The third-order valence-electron chi connectivity index (χ3n) is 3.76. The van der Waals surface area contributed by atoms with E-state index in [2.05, 4.69) is 46.9 Å². The van der Waals surface area contributed by atoms with Gasteiger partial charge in [0.15, 0.2) is 0 Å². The van der Waals surface area contributed by atoms with Gasteiger partial charge in [0.1, 0.15) is 0 Å². The molecule has 2 nitrogen and oxygen atoms in total. The van der Waals surface area contributed by atoms with E-state index in [4.69, 9.17) is 0 Å². The van der Waals surface area contributed by atoms with Gasteiger partial charge in [0.25, 0.3) is 0 Å². The second kappa shape index (κ2) is 3.72. The first-order valence-corrected chi connectivity index (χ1v) is 6.82. The number of amides is 1. The number of anilines is 1. The lowest BCUT2D eigenvalue weighted by Crippen LogP contribution is -2.41. The van der Waals surface area contributed by atoms with Crippen LogP contribution in [0.1, 0.15) is 25.7 Å². The summed E-state index contributed by atoms with van der Waals surface area (Å²) in [6.45, 7) is 0.937. The van der Waals surface area contributed by atoms with Crippen molar-refractivity contribution in [1.29, 1.82) is 0 Å². The van der Waals surface area contributed by atoms with Gasteiger partial charge in [-0.25, -0.2) is 0 Å². The molecule has 1 heterocycles. The molecule has 1 aliphatic heterocycles. The van der Waals surface area contributed by atoms with Crippen LogP contribution < -0.4 is 4.90 Å². The molecule has 0 unspecified atom stereocenters. The number of hydrogen-bond donors (Lipinski definition) is 0. The van der Waals surface area contributed by atoms with Crippen molar-refractivity contribution < 1.29 is 4.79 Å². The molecule has 16 heavy (non-hydrogen) atoms. The van der Waals surface area contributed by atoms with Gasteiger partial charge in [-0.2, -0.15) is 0 Å². The molecule has 84 valence electrons. The van der Waals surface area contributed by atoms with Crippen LogP contribution in [0.4, 0.5) is 5.69 Å². The van der Waals surface area contributed by atoms with Gasteiger partial charge in [-0.1, -0.05) is 0 Å². The van der Waals surface area contributed by atoms with Crippen LogP contribution in [0.15, 0.2) is 24.3 Å². The Balaban J connectivity index is 1.86. The highest BCUT2D eigenvalue weighted by molar-refractivity contribution is 14.1. The maximum absolute atomic E-state index is 11.9. The van der Waals surface area contributed by atoms with Crippen LogP contribution in [0.5, 0.6) is 0 Å². The fourth-order valence-corrected chi connectivity index (χ4v) is 2.81. The molecule has 1 aliphatic carbocycles. The van der Waals surface area contributed by atoms with Gasteiger partial charge < -0.3 is 4.90 Å². The SMILES string of the molecule is O=C1CCC2(CC2)CN1c1ccc(I)cc1. The molecular formula is C13H14INO. The molecule has 0 radical (unpaired) electrons. The van der Waals surface area contributed by atoms with Gasteiger partial charge in [-0.3, -0.25) is 4.79 Å². The maximum Gasteiger partial charge on any atom is 0.227 e. The largest absolute Gasteiger partial charge is 0.312 e. The second-order valence-corrected chi connectivity index (χ2v) is 6.20. The number of halogens is 1.